The van der Waals surface area contributed by atoms with Gasteiger partial charge in [0.1, 0.15) is 12.6 Å². The Hall–Kier alpha value is -0.980. The van der Waals surface area contributed by atoms with Crippen LogP contribution in [-0.2, 0) is 4.74 Å². The molecule has 1 fully saturated rings. The monoisotopic (exact) mass is 226 g/mol. The van der Waals surface area contributed by atoms with Crippen molar-refractivity contribution in [1.29, 1.82) is 0 Å². The van der Waals surface area contributed by atoms with E-state index in [0.29, 0.717) is 12.8 Å². The van der Waals surface area contributed by atoms with E-state index in [0.717, 1.165) is 13.1 Å². The normalized spacial score (nSPS) is 18.6. The van der Waals surface area contributed by atoms with Gasteiger partial charge in [0, 0.05) is 0 Å². The number of alkyl halides is 3. The molecule has 7 heteroatoms. The molecule has 0 aromatic rings. The number of hydrogen-bond donors (Lipinski definition) is 2. The number of piperidine rings is 1. The molecule has 88 valence electrons. The summed E-state index contributed by atoms with van der Waals surface area (Å²) in [5.41, 5.74) is 0. The molecule has 4 nitrogen and oxygen atoms in total. The van der Waals surface area contributed by atoms with Crippen molar-refractivity contribution in [2.24, 2.45) is 0 Å². The van der Waals surface area contributed by atoms with E-state index in [2.05, 4.69) is 5.32 Å². The molecule has 0 unspecified atom stereocenters. The van der Waals surface area contributed by atoms with Crippen molar-refractivity contribution >= 4 is 6.09 Å². The summed E-state index contributed by atoms with van der Waals surface area (Å²) in [6.45, 7) is 0.0885. The van der Waals surface area contributed by atoms with E-state index in [-0.39, 0.29) is 6.10 Å². The molecule has 0 aromatic heterocycles. The van der Waals surface area contributed by atoms with E-state index in [9.17, 15) is 18.0 Å². The number of hydrogen-bond acceptors (Lipinski definition) is 3. The molecule has 0 saturated carbocycles. The zero-order valence-corrected chi connectivity index (χ0v) is 8.06. The maximum atomic E-state index is 11.7. The molecule has 1 heterocycles. The first-order chi connectivity index (χ1) is 6.97. The Kier molecular flexibility index (Phi) is 4.19. The molecule has 2 N–H and O–H groups in total. The number of carbonyl (C=O) groups is 1. The first kappa shape index (κ1) is 12.1. The lowest BCUT2D eigenvalue weighted by atomic mass is 10.1. The second-order valence-electron chi connectivity index (χ2n) is 3.32. The number of halogens is 3. The fourth-order valence-electron chi connectivity index (χ4n) is 1.28. The Morgan fingerprint density at radius 1 is 1.40 bits per heavy atom. The van der Waals surface area contributed by atoms with Crippen LogP contribution in [0.2, 0.25) is 0 Å². The highest BCUT2D eigenvalue weighted by Crippen LogP contribution is 2.13. The predicted octanol–water partition coefficient (Wildman–Crippen LogP) is 1.03. The zero-order chi connectivity index (χ0) is 11.3. The molecule has 1 amide bonds. The van der Waals surface area contributed by atoms with Gasteiger partial charge in [0.25, 0.3) is 0 Å². The quantitative estimate of drug-likeness (QED) is 0.739. The number of nitrogens with one attached hydrogen (secondary N) is 2. The van der Waals surface area contributed by atoms with Crippen molar-refractivity contribution < 1.29 is 22.7 Å². The topological polar surface area (TPSA) is 50.4 Å². The minimum atomic E-state index is -4.40. The van der Waals surface area contributed by atoms with Gasteiger partial charge < -0.3 is 15.4 Å². The highest BCUT2D eigenvalue weighted by molar-refractivity contribution is 5.67. The summed E-state index contributed by atoms with van der Waals surface area (Å²) in [4.78, 5) is 10.9. The fraction of sp³-hybridized carbons (Fsp3) is 0.875. The average molecular weight is 226 g/mol. The molecular weight excluding hydrogens is 213 g/mol. The molecule has 15 heavy (non-hydrogen) atoms. The van der Waals surface area contributed by atoms with E-state index >= 15 is 0 Å². The van der Waals surface area contributed by atoms with Crippen LogP contribution in [0.25, 0.3) is 0 Å². The third-order valence-electron chi connectivity index (χ3n) is 1.99. The first-order valence-corrected chi connectivity index (χ1v) is 4.69. The third-order valence-corrected chi connectivity index (χ3v) is 1.99. The maximum Gasteiger partial charge on any atom is 0.407 e. The SMILES string of the molecule is O=C(NCC(F)(F)F)OC1CCNCC1. The smallest absolute Gasteiger partial charge is 0.407 e. The highest BCUT2D eigenvalue weighted by atomic mass is 19.4. The number of alkyl carbamates (subject to hydrolysis) is 1. The second-order valence-corrected chi connectivity index (χ2v) is 3.32. The lowest BCUT2D eigenvalue weighted by Gasteiger charge is -2.22. The van der Waals surface area contributed by atoms with Gasteiger partial charge in [-0.05, 0) is 25.9 Å². The Morgan fingerprint density at radius 2 is 2.00 bits per heavy atom. The molecule has 0 aromatic carbocycles. The van der Waals surface area contributed by atoms with Crippen LogP contribution in [0.3, 0.4) is 0 Å². The van der Waals surface area contributed by atoms with Crippen LogP contribution >= 0.6 is 0 Å². The largest absolute Gasteiger partial charge is 0.446 e. The van der Waals surface area contributed by atoms with Gasteiger partial charge in [-0.25, -0.2) is 4.79 Å². The van der Waals surface area contributed by atoms with E-state index in [4.69, 9.17) is 4.74 Å². The van der Waals surface area contributed by atoms with E-state index in [1.165, 1.54) is 0 Å². The minimum Gasteiger partial charge on any atom is -0.446 e. The summed E-state index contributed by atoms with van der Waals surface area (Å²) in [6.07, 6.45) is -4.40. The Labute approximate surface area is 85.2 Å². The zero-order valence-electron chi connectivity index (χ0n) is 8.06. The van der Waals surface area contributed by atoms with Crippen molar-refractivity contribution in [3.05, 3.63) is 0 Å². The van der Waals surface area contributed by atoms with Crippen molar-refractivity contribution in [2.45, 2.75) is 25.1 Å². The number of ether oxygens (including phenoxy) is 1. The second kappa shape index (κ2) is 5.20. The van der Waals surface area contributed by atoms with Crippen molar-refractivity contribution in [3.63, 3.8) is 0 Å². The molecule has 1 aliphatic rings. The summed E-state index contributed by atoms with van der Waals surface area (Å²) in [7, 11) is 0. The van der Waals surface area contributed by atoms with Gasteiger partial charge in [0.05, 0.1) is 0 Å². The third kappa shape index (κ3) is 5.46. The van der Waals surface area contributed by atoms with Gasteiger partial charge in [-0.2, -0.15) is 13.2 Å². The van der Waals surface area contributed by atoms with Gasteiger partial charge in [-0.15, -0.1) is 0 Å². The number of carbonyl (C=O) groups excluding carboxylic acids is 1. The van der Waals surface area contributed by atoms with E-state index < -0.39 is 18.8 Å². The van der Waals surface area contributed by atoms with Gasteiger partial charge in [0.2, 0.25) is 0 Å². The maximum absolute atomic E-state index is 11.7. The van der Waals surface area contributed by atoms with Crippen LogP contribution in [0.5, 0.6) is 0 Å². The van der Waals surface area contributed by atoms with Crippen molar-refractivity contribution in [1.82, 2.24) is 10.6 Å². The molecule has 0 aliphatic carbocycles. The Balaban J connectivity index is 2.17. The predicted molar refractivity (Wildman–Crippen MR) is 46.4 cm³/mol. The summed E-state index contributed by atoms with van der Waals surface area (Å²) in [5.74, 6) is 0. The molecular formula is C8H13F3N2O2. The van der Waals surface area contributed by atoms with Gasteiger partial charge >= 0.3 is 12.3 Å². The molecule has 0 spiro atoms. The van der Waals surface area contributed by atoms with Crippen molar-refractivity contribution in [3.8, 4) is 0 Å². The summed E-state index contributed by atoms with van der Waals surface area (Å²) < 4.78 is 39.9. The summed E-state index contributed by atoms with van der Waals surface area (Å²) in [5, 5.41) is 4.72. The molecule has 0 bridgehead atoms. The van der Waals surface area contributed by atoms with Gasteiger partial charge in [-0.1, -0.05) is 0 Å². The lowest BCUT2D eigenvalue weighted by Crippen LogP contribution is -2.39. The van der Waals surface area contributed by atoms with Gasteiger partial charge in [0.15, 0.2) is 0 Å². The Bertz CT molecular complexity index is 214. The number of rotatable bonds is 2. The van der Waals surface area contributed by atoms with E-state index in [1.807, 2.05) is 0 Å². The van der Waals surface area contributed by atoms with Crippen molar-refractivity contribution in [2.75, 3.05) is 19.6 Å². The lowest BCUT2D eigenvalue weighted by molar-refractivity contribution is -0.124. The summed E-state index contributed by atoms with van der Waals surface area (Å²) >= 11 is 0. The fourth-order valence-corrected chi connectivity index (χ4v) is 1.28. The molecule has 0 atom stereocenters. The van der Waals surface area contributed by atoms with Crippen LogP contribution < -0.4 is 10.6 Å². The van der Waals surface area contributed by atoms with Crippen LogP contribution in [0.1, 0.15) is 12.8 Å². The average Bonchev–Trinajstić information content (AvgIpc) is 2.15. The van der Waals surface area contributed by atoms with Crippen LogP contribution in [0.4, 0.5) is 18.0 Å². The van der Waals surface area contributed by atoms with Crippen LogP contribution in [-0.4, -0.2) is 38.0 Å². The first-order valence-electron chi connectivity index (χ1n) is 4.69. The number of amides is 1. The highest BCUT2D eigenvalue weighted by Gasteiger charge is 2.28. The minimum absolute atomic E-state index is 0.278. The summed E-state index contributed by atoms with van der Waals surface area (Å²) in [6, 6.07) is 0. The molecule has 1 rings (SSSR count). The van der Waals surface area contributed by atoms with E-state index in [1.54, 1.807) is 5.32 Å². The van der Waals surface area contributed by atoms with Crippen LogP contribution in [0, 0.1) is 0 Å². The van der Waals surface area contributed by atoms with Gasteiger partial charge in [-0.3, -0.25) is 0 Å². The standard InChI is InChI=1S/C8H13F3N2O2/c9-8(10,11)5-13-7(14)15-6-1-3-12-4-2-6/h6,12H,1-5H2,(H,13,14). The van der Waals surface area contributed by atoms with Crippen LogP contribution in [0.15, 0.2) is 0 Å². The molecule has 0 radical (unpaired) electrons. The molecule has 1 aliphatic heterocycles. The Morgan fingerprint density at radius 3 is 2.53 bits per heavy atom. The molecule has 1 saturated heterocycles.